The Morgan fingerprint density at radius 3 is 3.09 bits per heavy atom. The van der Waals surface area contributed by atoms with Crippen molar-refractivity contribution in [3.05, 3.63) is 42.2 Å². The van der Waals surface area contributed by atoms with Gasteiger partial charge in [0.2, 0.25) is 0 Å². The predicted molar refractivity (Wildman–Crippen MR) is 83.5 cm³/mol. The summed E-state index contributed by atoms with van der Waals surface area (Å²) in [5.41, 5.74) is 0. The van der Waals surface area contributed by atoms with Gasteiger partial charge in [-0.15, -0.1) is 0 Å². The van der Waals surface area contributed by atoms with E-state index in [1.807, 2.05) is 18.2 Å². The molecule has 2 aromatic rings. The third-order valence-corrected chi connectivity index (χ3v) is 3.59. The molecule has 6 heteroatoms. The van der Waals surface area contributed by atoms with Gasteiger partial charge in [-0.05, 0) is 32.0 Å². The second-order valence-corrected chi connectivity index (χ2v) is 5.74. The molecule has 1 unspecified atom stereocenters. The molecule has 22 heavy (non-hydrogen) atoms. The van der Waals surface area contributed by atoms with Gasteiger partial charge in [-0.2, -0.15) is 0 Å². The number of ether oxygens (including phenoxy) is 1. The molecule has 0 aromatic carbocycles. The van der Waals surface area contributed by atoms with Gasteiger partial charge in [0.25, 0.3) is 0 Å². The Bertz CT molecular complexity index is 586. The maximum Gasteiger partial charge on any atom is 0.150 e. The van der Waals surface area contributed by atoms with E-state index in [9.17, 15) is 0 Å². The van der Waals surface area contributed by atoms with Crippen LogP contribution in [0.25, 0.3) is 0 Å². The molecule has 0 saturated carbocycles. The zero-order chi connectivity index (χ0) is 15.4. The molecule has 1 aliphatic rings. The molecule has 118 valence electrons. The standard InChI is InChI=1S/C16H22N4O2/c1-12(2)18-15-5-6-17-16(19-15)14-11-21-9-7-20(14)10-13-4-3-8-22-13/h3-6,8,12,14H,7,9-11H2,1-2H3,(H,17,18,19). The van der Waals surface area contributed by atoms with Crippen molar-refractivity contribution in [3.63, 3.8) is 0 Å². The maximum absolute atomic E-state index is 5.63. The van der Waals surface area contributed by atoms with Crippen LogP contribution in [-0.2, 0) is 11.3 Å². The maximum atomic E-state index is 5.63. The summed E-state index contributed by atoms with van der Waals surface area (Å²) in [5, 5.41) is 3.32. The molecule has 1 atom stereocenters. The molecule has 3 heterocycles. The number of nitrogens with one attached hydrogen (secondary N) is 1. The van der Waals surface area contributed by atoms with E-state index in [4.69, 9.17) is 9.15 Å². The highest BCUT2D eigenvalue weighted by Crippen LogP contribution is 2.24. The first-order valence-corrected chi connectivity index (χ1v) is 7.66. The summed E-state index contributed by atoms with van der Waals surface area (Å²) in [6.45, 7) is 7.10. The minimum absolute atomic E-state index is 0.0489. The van der Waals surface area contributed by atoms with E-state index in [0.717, 1.165) is 37.1 Å². The zero-order valence-corrected chi connectivity index (χ0v) is 13.0. The van der Waals surface area contributed by atoms with Crippen molar-refractivity contribution in [1.29, 1.82) is 0 Å². The fourth-order valence-electron chi connectivity index (χ4n) is 2.58. The molecular weight excluding hydrogens is 280 g/mol. The normalized spacial score (nSPS) is 19.5. The van der Waals surface area contributed by atoms with Crippen LogP contribution in [0.3, 0.4) is 0 Å². The minimum atomic E-state index is 0.0489. The average Bonchev–Trinajstić information content (AvgIpc) is 3.00. The van der Waals surface area contributed by atoms with Gasteiger partial charge >= 0.3 is 0 Å². The quantitative estimate of drug-likeness (QED) is 0.915. The average molecular weight is 302 g/mol. The van der Waals surface area contributed by atoms with E-state index in [1.165, 1.54) is 0 Å². The first kappa shape index (κ1) is 15.0. The molecule has 0 radical (unpaired) electrons. The molecule has 1 aliphatic heterocycles. The van der Waals surface area contributed by atoms with Gasteiger partial charge in [-0.3, -0.25) is 4.90 Å². The van der Waals surface area contributed by atoms with Crippen molar-refractivity contribution >= 4 is 5.82 Å². The van der Waals surface area contributed by atoms with Crippen LogP contribution in [0.2, 0.25) is 0 Å². The number of rotatable bonds is 5. The topological polar surface area (TPSA) is 63.4 Å². The molecule has 6 nitrogen and oxygen atoms in total. The number of anilines is 1. The van der Waals surface area contributed by atoms with Crippen molar-refractivity contribution in [2.75, 3.05) is 25.1 Å². The van der Waals surface area contributed by atoms with Crippen molar-refractivity contribution in [3.8, 4) is 0 Å². The Kier molecular flexibility index (Phi) is 4.70. The lowest BCUT2D eigenvalue weighted by atomic mass is 10.2. The summed E-state index contributed by atoms with van der Waals surface area (Å²) < 4.78 is 11.1. The number of hydrogen-bond donors (Lipinski definition) is 1. The Balaban J connectivity index is 1.78. The monoisotopic (exact) mass is 302 g/mol. The third kappa shape index (κ3) is 3.64. The molecule has 0 spiro atoms. The van der Waals surface area contributed by atoms with E-state index in [1.54, 1.807) is 12.5 Å². The SMILES string of the molecule is CC(C)Nc1ccnc(C2COCCN2Cc2ccco2)n1. The van der Waals surface area contributed by atoms with Gasteiger partial charge in [0.05, 0.1) is 32.1 Å². The molecule has 0 bridgehead atoms. The van der Waals surface area contributed by atoms with E-state index in [-0.39, 0.29) is 6.04 Å². The fraction of sp³-hybridized carbons (Fsp3) is 0.500. The van der Waals surface area contributed by atoms with E-state index in [0.29, 0.717) is 12.6 Å². The number of nitrogens with zero attached hydrogens (tertiary/aromatic N) is 3. The largest absolute Gasteiger partial charge is 0.468 e. The van der Waals surface area contributed by atoms with Crippen molar-refractivity contribution in [2.45, 2.75) is 32.5 Å². The summed E-state index contributed by atoms with van der Waals surface area (Å²) >= 11 is 0. The first-order valence-electron chi connectivity index (χ1n) is 7.66. The second-order valence-electron chi connectivity index (χ2n) is 5.74. The summed E-state index contributed by atoms with van der Waals surface area (Å²) in [6, 6.07) is 6.18. The lowest BCUT2D eigenvalue weighted by molar-refractivity contribution is -0.0185. The molecular formula is C16H22N4O2. The Morgan fingerprint density at radius 2 is 2.32 bits per heavy atom. The summed E-state index contributed by atoms with van der Waals surface area (Å²) in [4.78, 5) is 11.4. The van der Waals surface area contributed by atoms with Crippen LogP contribution in [0.5, 0.6) is 0 Å². The molecule has 1 N–H and O–H groups in total. The van der Waals surface area contributed by atoms with Gasteiger partial charge in [-0.1, -0.05) is 0 Å². The van der Waals surface area contributed by atoms with Crippen LogP contribution in [0.1, 0.15) is 31.5 Å². The summed E-state index contributed by atoms with van der Waals surface area (Å²) in [7, 11) is 0. The molecule has 2 aromatic heterocycles. The van der Waals surface area contributed by atoms with Gasteiger partial charge < -0.3 is 14.5 Å². The highest BCUT2D eigenvalue weighted by Gasteiger charge is 2.27. The van der Waals surface area contributed by atoms with Gasteiger partial charge in [-0.25, -0.2) is 9.97 Å². The van der Waals surface area contributed by atoms with Crippen LogP contribution >= 0.6 is 0 Å². The van der Waals surface area contributed by atoms with Crippen molar-refractivity contribution < 1.29 is 9.15 Å². The van der Waals surface area contributed by atoms with Gasteiger partial charge in [0, 0.05) is 18.8 Å². The van der Waals surface area contributed by atoms with Crippen LogP contribution in [0, 0.1) is 0 Å². The van der Waals surface area contributed by atoms with Crippen LogP contribution in [-0.4, -0.2) is 40.7 Å². The number of furan rings is 1. The second kappa shape index (κ2) is 6.89. The molecule has 3 rings (SSSR count). The number of hydrogen-bond acceptors (Lipinski definition) is 6. The number of aromatic nitrogens is 2. The Labute approximate surface area is 130 Å². The van der Waals surface area contributed by atoms with Gasteiger partial charge in [0.1, 0.15) is 17.4 Å². The Hall–Kier alpha value is -1.92. The van der Waals surface area contributed by atoms with Crippen LogP contribution < -0.4 is 5.32 Å². The molecule has 1 saturated heterocycles. The number of morpholine rings is 1. The molecule has 0 amide bonds. The van der Waals surface area contributed by atoms with Crippen molar-refractivity contribution in [1.82, 2.24) is 14.9 Å². The third-order valence-electron chi connectivity index (χ3n) is 3.59. The highest BCUT2D eigenvalue weighted by atomic mass is 16.5. The Morgan fingerprint density at radius 1 is 1.41 bits per heavy atom. The fourth-order valence-corrected chi connectivity index (χ4v) is 2.58. The van der Waals surface area contributed by atoms with E-state index >= 15 is 0 Å². The smallest absolute Gasteiger partial charge is 0.150 e. The first-order chi connectivity index (χ1) is 10.7. The van der Waals surface area contributed by atoms with Crippen LogP contribution in [0.4, 0.5) is 5.82 Å². The summed E-state index contributed by atoms with van der Waals surface area (Å²) in [6.07, 6.45) is 3.50. The zero-order valence-electron chi connectivity index (χ0n) is 13.0. The van der Waals surface area contributed by atoms with Crippen molar-refractivity contribution in [2.24, 2.45) is 0 Å². The van der Waals surface area contributed by atoms with E-state index in [2.05, 4.69) is 34.0 Å². The predicted octanol–water partition coefficient (Wildman–Crippen LogP) is 2.46. The lowest BCUT2D eigenvalue weighted by Crippen LogP contribution is -2.39. The van der Waals surface area contributed by atoms with E-state index < -0.39 is 0 Å². The highest BCUT2D eigenvalue weighted by molar-refractivity contribution is 5.34. The summed E-state index contributed by atoms with van der Waals surface area (Å²) in [5.74, 6) is 2.59. The molecule has 0 aliphatic carbocycles. The van der Waals surface area contributed by atoms with Crippen LogP contribution in [0.15, 0.2) is 35.1 Å². The van der Waals surface area contributed by atoms with Gasteiger partial charge in [0.15, 0.2) is 0 Å². The lowest BCUT2D eigenvalue weighted by Gasteiger charge is -2.33. The minimum Gasteiger partial charge on any atom is -0.468 e. The molecule has 1 fully saturated rings.